The van der Waals surface area contributed by atoms with E-state index in [1.165, 1.54) is 24.3 Å². The van der Waals surface area contributed by atoms with Crippen LogP contribution in [0.2, 0.25) is 0 Å². The van der Waals surface area contributed by atoms with Crippen molar-refractivity contribution in [2.75, 3.05) is 11.9 Å². The quantitative estimate of drug-likeness (QED) is 0.632. The number of nitrogens with two attached hydrogens (primary N) is 1. The lowest BCUT2D eigenvalue weighted by atomic mass is 10.0. The van der Waals surface area contributed by atoms with E-state index < -0.39 is 40.8 Å². The third-order valence-electron chi connectivity index (χ3n) is 3.13. The van der Waals surface area contributed by atoms with Crippen molar-refractivity contribution >= 4 is 27.7 Å². The first-order chi connectivity index (χ1) is 12.3. The number of hydrogen-bond donors (Lipinski definition) is 3. The summed E-state index contributed by atoms with van der Waals surface area (Å²) in [4.78, 5) is 23.7. The summed E-state index contributed by atoms with van der Waals surface area (Å²) in [6, 6.07) is 3.77. The lowest BCUT2D eigenvalue weighted by Crippen LogP contribution is -2.45. The molecule has 0 spiro atoms. The number of amides is 2. The van der Waals surface area contributed by atoms with Crippen molar-refractivity contribution in [2.45, 2.75) is 37.4 Å². The zero-order chi connectivity index (χ0) is 20.8. The van der Waals surface area contributed by atoms with E-state index in [1.54, 1.807) is 13.8 Å². The molecule has 152 valence electrons. The van der Waals surface area contributed by atoms with Gasteiger partial charge in [-0.3, -0.25) is 4.79 Å². The van der Waals surface area contributed by atoms with Crippen LogP contribution in [0.3, 0.4) is 0 Å². The first-order valence-corrected chi connectivity index (χ1v) is 9.26. The van der Waals surface area contributed by atoms with Crippen LogP contribution >= 0.6 is 0 Å². The van der Waals surface area contributed by atoms with Crippen LogP contribution < -0.4 is 15.8 Å². The number of rotatable bonds is 7. The lowest BCUT2D eigenvalue weighted by Gasteiger charge is -2.20. The van der Waals surface area contributed by atoms with E-state index in [-0.39, 0.29) is 22.9 Å². The smallest absolute Gasteiger partial charge is 0.422 e. The molecule has 0 heterocycles. The third-order valence-corrected chi connectivity index (χ3v) is 4.06. The second-order valence-corrected chi connectivity index (χ2v) is 7.64. The molecule has 0 bridgehead atoms. The molecule has 0 aromatic heterocycles. The zero-order valence-electron chi connectivity index (χ0n) is 14.5. The standard InChI is InChI=1S/C15H20F3N3O5S/c1-9(2)7-12(21-14(23)26-8-15(16,17)18)13(22)20-10-3-5-11(6-4-10)27(19,24)25/h3-6,9,12H,7-8H2,1-2H3,(H,20,22)(H,21,23)(H2,19,24,25)/t12-/m1/s1. The van der Waals surface area contributed by atoms with Gasteiger partial charge in [-0.15, -0.1) is 0 Å². The van der Waals surface area contributed by atoms with Gasteiger partial charge in [-0.2, -0.15) is 13.2 Å². The molecule has 0 fully saturated rings. The minimum Gasteiger partial charge on any atom is -0.440 e. The predicted octanol–water partition coefficient (Wildman–Crippen LogP) is 1.98. The molecule has 0 unspecified atom stereocenters. The summed E-state index contributed by atoms with van der Waals surface area (Å²) in [5.74, 6) is -0.760. The van der Waals surface area contributed by atoms with Gasteiger partial charge in [0.1, 0.15) is 6.04 Å². The zero-order valence-corrected chi connectivity index (χ0v) is 15.4. The third kappa shape index (κ3) is 8.73. The lowest BCUT2D eigenvalue weighted by molar-refractivity contribution is -0.160. The van der Waals surface area contributed by atoms with E-state index in [9.17, 15) is 31.2 Å². The van der Waals surface area contributed by atoms with E-state index in [1.807, 2.05) is 0 Å². The van der Waals surface area contributed by atoms with Gasteiger partial charge in [0.05, 0.1) is 4.90 Å². The van der Waals surface area contributed by atoms with E-state index >= 15 is 0 Å². The SMILES string of the molecule is CC(C)C[C@@H](NC(=O)OCC(F)(F)F)C(=O)Nc1ccc(S(N)(=O)=O)cc1. The van der Waals surface area contributed by atoms with E-state index in [0.717, 1.165) is 0 Å². The highest BCUT2D eigenvalue weighted by molar-refractivity contribution is 7.89. The van der Waals surface area contributed by atoms with Gasteiger partial charge >= 0.3 is 12.3 Å². The highest BCUT2D eigenvalue weighted by atomic mass is 32.2. The van der Waals surface area contributed by atoms with Crippen molar-refractivity contribution in [3.05, 3.63) is 24.3 Å². The van der Waals surface area contributed by atoms with Crippen LogP contribution in [0.4, 0.5) is 23.7 Å². The molecule has 0 aliphatic heterocycles. The molecule has 2 amide bonds. The summed E-state index contributed by atoms with van der Waals surface area (Å²) in [6.07, 6.45) is -5.92. The van der Waals surface area contributed by atoms with E-state index in [0.29, 0.717) is 0 Å². The monoisotopic (exact) mass is 411 g/mol. The Kier molecular flexibility index (Phi) is 7.60. The van der Waals surface area contributed by atoms with Crippen molar-refractivity contribution in [3.63, 3.8) is 0 Å². The molecule has 0 aliphatic rings. The molecule has 8 nitrogen and oxygen atoms in total. The van der Waals surface area contributed by atoms with Gasteiger partial charge in [0.15, 0.2) is 6.61 Å². The molecule has 4 N–H and O–H groups in total. The van der Waals surface area contributed by atoms with Crippen molar-refractivity contribution in [1.82, 2.24) is 5.32 Å². The summed E-state index contributed by atoms with van der Waals surface area (Å²) >= 11 is 0. The fourth-order valence-electron chi connectivity index (χ4n) is 1.99. The molecule has 1 aromatic rings. The Labute approximate surface area is 154 Å². The number of nitrogens with one attached hydrogen (secondary N) is 2. The number of alkyl carbamates (subject to hydrolysis) is 1. The van der Waals surface area contributed by atoms with Crippen LogP contribution in [-0.4, -0.2) is 39.2 Å². The van der Waals surface area contributed by atoms with Crippen LogP contribution in [-0.2, 0) is 19.6 Å². The Bertz CT molecular complexity index is 764. The van der Waals surface area contributed by atoms with E-state index in [2.05, 4.69) is 15.4 Å². The van der Waals surface area contributed by atoms with Crippen molar-refractivity contribution in [2.24, 2.45) is 11.1 Å². The Morgan fingerprint density at radius 1 is 1.19 bits per heavy atom. The number of hydrogen-bond acceptors (Lipinski definition) is 5. The number of sulfonamides is 1. The van der Waals surface area contributed by atoms with Gasteiger partial charge in [-0.1, -0.05) is 13.8 Å². The normalized spacial score (nSPS) is 13.1. The molecule has 1 atom stereocenters. The summed E-state index contributed by atoms with van der Waals surface area (Å²) in [5.41, 5.74) is 0.214. The number of halogens is 3. The highest BCUT2D eigenvalue weighted by Crippen LogP contribution is 2.16. The topological polar surface area (TPSA) is 128 Å². The first-order valence-electron chi connectivity index (χ1n) is 7.71. The summed E-state index contributed by atoms with van der Waals surface area (Å²) < 4.78 is 62.7. The van der Waals surface area contributed by atoms with Crippen molar-refractivity contribution in [3.8, 4) is 0 Å². The van der Waals surface area contributed by atoms with Gasteiger partial charge in [-0.25, -0.2) is 18.4 Å². The van der Waals surface area contributed by atoms with Crippen LogP contribution in [0, 0.1) is 5.92 Å². The number of benzene rings is 1. The highest BCUT2D eigenvalue weighted by Gasteiger charge is 2.31. The average molecular weight is 411 g/mol. The summed E-state index contributed by atoms with van der Waals surface area (Å²) in [7, 11) is -3.89. The molecule has 27 heavy (non-hydrogen) atoms. The molecule has 0 saturated carbocycles. The molecule has 1 aromatic carbocycles. The van der Waals surface area contributed by atoms with E-state index in [4.69, 9.17) is 5.14 Å². The van der Waals surface area contributed by atoms with Gasteiger partial charge in [0.2, 0.25) is 15.9 Å². The van der Waals surface area contributed by atoms with Gasteiger partial charge < -0.3 is 15.4 Å². The van der Waals surface area contributed by atoms with Gasteiger partial charge in [-0.05, 0) is 36.6 Å². The number of anilines is 1. The second kappa shape index (κ2) is 9.04. The maximum Gasteiger partial charge on any atom is 0.422 e. The van der Waals surface area contributed by atoms with Gasteiger partial charge in [0.25, 0.3) is 0 Å². The Morgan fingerprint density at radius 3 is 2.19 bits per heavy atom. The Morgan fingerprint density at radius 2 is 1.74 bits per heavy atom. The number of carbonyl (C=O) groups is 2. The maximum atomic E-state index is 12.3. The van der Waals surface area contributed by atoms with Crippen LogP contribution in [0.15, 0.2) is 29.2 Å². The first kappa shape index (κ1) is 22.7. The molecule has 1 rings (SSSR count). The fraction of sp³-hybridized carbons (Fsp3) is 0.467. The largest absolute Gasteiger partial charge is 0.440 e. The number of ether oxygens (including phenoxy) is 1. The summed E-state index contributed by atoms with van der Waals surface area (Å²) in [6.45, 7) is 1.73. The number of primary sulfonamides is 1. The Hall–Kier alpha value is -2.34. The molecular weight excluding hydrogens is 391 g/mol. The predicted molar refractivity (Wildman–Crippen MR) is 90.2 cm³/mol. The van der Waals surface area contributed by atoms with Crippen molar-refractivity contribution in [1.29, 1.82) is 0 Å². The van der Waals surface area contributed by atoms with Gasteiger partial charge in [0, 0.05) is 5.69 Å². The molecule has 0 aliphatic carbocycles. The number of alkyl halides is 3. The minimum atomic E-state index is -4.68. The maximum absolute atomic E-state index is 12.3. The molecule has 0 radical (unpaired) electrons. The minimum absolute atomic E-state index is 0.0616. The average Bonchev–Trinajstić information content (AvgIpc) is 2.51. The van der Waals surface area contributed by atoms with Crippen LogP contribution in [0.25, 0.3) is 0 Å². The van der Waals surface area contributed by atoms with Crippen LogP contribution in [0.5, 0.6) is 0 Å². The van der Waals surface area contributed by atoms with Crippen LogP contribution in [0.1, 0.15) is 20.3 Å². The Balaban J connectivity index is 2.78. The number of carbonyl (C=O) groups excluding carboxylic acids is 2. The second-order valence-electron chi connectivity index (χ2n) is 6.08. The van der Waals surface area contributed by atoms with Crippen molar-refractivity contribution < 1.29 is 35.9 Å². The molecule has 0 saturated heterocycles. The fourth-order valence-corrected chi connectivity index (χ4v) is 2.51. The molecule has 12 heteroatoms. The summed E-state index contributed by atoms with van der Waals surface area (Å²) in [5, 5.41) is 9.49. The molecular formula is C15H20F3N3O5S.